The second-order valence-electron chi connectivity index (χ2n) is 10.6. The minimum absolute atomic E-state index is 0.174. The zero-order valence-electron chi connectivity index (χ0n) is 30.8. The summed E-state index contributed by atoms with van der Waals surface area (Å²) in [7, 11) is 0. The van der Waals surface area contributed by atoms with Crippen LogP contribution in [-0.2, 0) is 0 Å². The van der Waals surface area contributed by atoms with Crippen LogP contribution < -0.4 is 0 Å². The Hall–Kier alpha value is -5.66. The lowest BCUT2D eigenvalue weighted by Gasteiger charge is -2.19. The largest absolute Gasteiger partial charge is 0.456 e. The van der Waals surface area contributed by atoms with Crippen molar-refractivity contribution < 1.29 is 15.4 Å². The minimum atomic E-state index is -0.433. The molecule has 0 radical (unpaired) electrons. The molecule has 8 aromatic carbocycles. The van der Waals surface area contributed by atoms with E-state index in [0.717, 1.165) is 32.7 Å². The maximum atomic E-state index is 9.36. The Morgan fingerprint density at radius 1 is 0.419 bits per heavy atom. The molecule has 1 nitrogen and oxygen atoms in total. The summed E-state index contributed by atoms with van der Waals surface area (Å²) in [6, 6.07) is 31.6. The second-order valence-corrected chi connectivity index (χ2v) is 10.6. The van der Waals surface area contributed by atoms with Crippen LogP contribution in [-0.4, -0.2) is 0 Å². The molecule has 1 heteroatoms. The molecule has 0 atom stereocenters. The Labute approximate surface area is 260 Å². The summed E-state index contributed by atoms with van der Waals surface area (Å²) in [6.45, 7) is 0. The third-order valence-corrected chi connectivity index (χ3v) is 8.30. The van der Waals surface area contributed by atoms with E-state index >= 15 is 0 Å². The molecular formula is C42H26O. The lowest BCUT2D eigenvalue weighted by atomic mass is 9.83. The first-order chi connectivity index (χ1) is 24.7. The van der Waals surface area contributed by atoms with E-state index in [1.807, 2.05) is 103 Å². The molecular weight excluding hydrogens is 520 g/mol. The first-order valence-corrected chi connectivity index (χ1v) is 14.1. The first kappa shape index (κ1) is 17.3. The van der Waals surface area contributed by atoms with Crippen molar-refractivity contribution in [2.24, 2.45) is 0 Å². The lowest BCUT2D eigenvalue weighted by molar-refractivity contribution is 0.669. The van der Waals surface area contributed by atoms with Gasteiger partial charge in [0.2, 0.25) is 0 Å². The highest BCUT2D eigenvalue weighted by atomic mass is 16.3. The van der Waals surface area contributed by atoms with Gasteiger partial charge in [0.1, 0.15) is 11.2 Å². The molecule has 9 aromatic rings. The van der Waals surface area contributed by atoms with Gasteiger partial charge >= 0.3 is 0 Å². The van der Waals surface area contributed by atoms with Crippen molar-refractivity contribution in [2.45, 2.75) is 0 Å². The van der Waals surface area contributed by atoms with Crippen LogP contribution in [0, 0.1) is 0 Å². The lowest BCUT2D eigenvalue weighted by Crippen LogP contribution is -1.92. The Kier molecular flexibility index (Phi) is 3.80. The molecule has 0 aliphatic rings. The van der Waals surface area contributed by atoms with Gasteiger partial charge in [0.25, 0.3) is 0 Å². The minimum Gasteiger partial charge on any atom is -0.456 e. The van der Waals surface area contributed by atoms with E-state index < -0.39 is 24.2 Å². The summed E-state index contributed by atoms with van der Waals surface area (Å²) < 4.78 is 78.9. The molecule has 0 aliphatic carbocycles. The van der Waals surface area contributed by atoms with Crippen LogP contribution in [0.25, 0.3) is 87.6 Å². The molecule has 0 unspecified atom stereocenters. The number of benzene rings is 8. The highest BCUT2D eigenvalue weighted by Crippen LogP contribution is 2.47. The van der Waals surface area contributed by atoms with Crippen LogP contribution in [0.4, 0.5) is 0 Å². The summed E-state index contributed by atoms with van der Waals surface area (Å²) >= 11 is 0. The Morgan fingerprint density at radius 2 is 1.02 bits per heavy atom. The summed E-state index contributed by atoms with van der Waals surface area (Å²) in [5.74, 6) is 0. The fourth-order valence-electron chi connectivity index (χ4n) is 6.46. The van der Waals surface area contributed by atoms with Crippen molar-refractivity contribution in [1.82, 2.24) is 0 Å². The Morgan fingerprint density at radius 3 is 1.77 bits per heavy atom. The molecule has 0 N–H and O–H groups in total. The van der Waals surface area contributed by atoms with Gasteiger partial charge in [-0.15, -0.1) is 0 Å². The third-order valence-electron chi connectivity index (χ3n) is 8.30. The first-order valence-electron chi connectivity index (χ1n) is 18.1. The number of hydrogen-bond acceptors (Lipinski definition) is 1. The van der Waals surface area contributed by atoms with E-state index in [1.54, 1.807) is 6.07 Å². The van der Waals surface area contributed by atoms with Crippen LogP contribution in [0.3, 0.4) is 0 Å². The van der Waals surface area contributed by atoms with Gasteiger partial charge in [-0.3, -0.25) is 0 Å². The third kappa shape index (κ3) is 3.65. The van der Waals surface area contributed by atoms with Gasteiger partial charge in [-0.2, -0.15) is 0 Å². The van der Waals surface area contributed by atoms with Crippen molar-refractivity contribution in [2.75, 3.05) is 0 Å². The van der Waals surface area contributed by atoms with Crippen molar-refractivity contribution in [3.05, 3.63) is 158 Å². The standard InChI is InChI=1S/C42H26O/c1-2-12-27(13-3-1)30-15-6-7-17-32(30)41-35-20-10-8-18-33(35)40(34-19-9-11-21-36(34)41)29-23-24-38-37(26-29)42-31-16-5-4-14-28(31)22-25-39(42)43-38/h1-26H/i8D,9D,10D,11D,18D,19D,20D,21D. The predicted octanol–water partition coefficient (Wildman–Crippen LogP) is 12.0. The smallest absolute Gasteiger partial charge is 0.136 e. The van der Waals surface area contributed by atoms with E-state index in [0.29, 0.717) is 33.4 Å². The van der Waals surface area contributed by atoms with E-state index in [2.05, 4.69) is 0 Å². The molecule has 43 heavy (non-hydrogen) atoms. The molecule has 200 valence electrons. The number of fused-ring (bicyclic) bond motifs is 7. The zero-order valence-corrected chi connectivity index (χ0v) is 22.8. The average molecular weight is 555 g/mol. The van der Waals surface area contributed by atoms with E-state index in [1.165, 1.54) is 0 Å². The fraction of sp³-hybridized carbons (Fsp3) is 0. The molecule has 1 aromatic heterocycles. The van der Waals surface area contributed by atoms with Gasteiger partial charge < -0.3 is 4.42 Å². The van der Waals surface area contributed by atoms with Gasteiger partial charge in [-0.25, -0.2) is 0 Å². The topological polar surface area (TPSA) is 13.1 Å². The zero-order chi connectivity index (χ0) is 35.3. The van der Waals surface area contributed by atoms with Crippen molar-refractivity contribution in [3.63, 3.8) is 0 Å². The van der Waals surface area contributed by atoms with Crippen LogP contribution in [0.15, 0.2) is 162 Å². The summed E-state index contributed by atoms with van der Waals surface area (Å²) in [5.41, 5.74) is 4.66. The van der Waals surface area contributed by atoms with E-state index in [4.69, 9.17) is 9.90 Å². The van der Waals surface area contributed by atoms with Gasteiger partial charge in [-0.05, 0) is 83.9 Å². The Balaban J connectivity index is 1.54. The highest BCUT2D eigenvalue weighted by molar-refractivity contribution is 6.24. The van der Waals surface area contributed by atoms with Gasteiger partial charge in [0, 0.05) is 10.8 Å². The quantitative estimate of drug-likeness (QED) is 0.198. The van der Waals surface area contributed by atoms with E-state index in [9.17, 15) is 5.48 Å². The van der Waals surface area contributed by atoms with Crippen molar-refractivity contribution in [1.29, 1.82) is 0 Å². The van der Waals surface area contributed by atoms with Crippen molar-refractivity contribution in [3.8, 4) is 33.4 Å². The van der Waals surface area contributed by atoms with Crippen LogP contribution in [0.1, 0.15) is 11.0 Å². The molecule has 1 heterocycles. The maximum absolute atomic E-state index is 9.36. The highest BCUT2D eigenvalue weighted by Gasteiger charge is 2.20. The normalized spacial score (nSPS) is 14.3. The molecule has 0 spiro atoms. The average Bonchev–Trinajstić information content (AvgIpc) is 3.55. The molecule has 0 fully saturated rings. The number of rotatable bonds is 3. The summed E-state index contributed by atoms with van der Waals surface area (Å²) in [4.78, 5) is 0. The Bertz CT molecular complexity index is 2870. The van der Waals surface area contributed by atoms with Crippen LogP contribution >= 0.6 is 0 Å². The number of furan rings is 1. The molecule has 0 aliphatic heterocycles. The predicted molar refractivity (Wildman–Crippen MR) is 183 cm³/mol. The molecule has 0 bridgehead atoms. The fourth-order valence-corrected chi connectivity index (χ4v) is 6.46. The molecule has 0 saturated heterocycles. The maximum Gasteiger partial charge on any atom is 0.136 e. The second kappa shape index (κ2) is 9.44. The van der Waals surface area contributed by atoms with Crippen LogP contribution in [0.5, 0.6) is 0 Å². The monoisotopic (exact) mass is 554 g/mol. The summed E-state index contributed by atoms with van der Waals surface area (Å²) in [5, 5.41) is 4.38. The molecule has 9 rings (SSSR count). The molecule has 0 saturated carbocycles. The number of hydrogen-bond donors (Lipinski definition) is 0. The summed E-state index contributed by atoms with van der Waals surface area (Å²) in [6.07, 6.45) is 0. The van der Waals surface area contributed by atoms with E-state index in [-0.39, 0.29) is 45.7 Å². The SMILES string of the molecule is [2H]c1c([2H])c([2H])c2c(-c3ccccc3-c3ccccc3)c3c([2H])c([2H])c([2H])c([2H])c3c(-c3ccc4oc5ccc6ccccc6c5c4c3)c2c1[2H]. The van der Waals surface area contributed by atoms with Gasteiger partial charge in [0.15, 0.2) is 0 Å². The molecule has 0 amide bonds. The van der Waals surface area contributed by atoms with Gasteiger partial charge in [0.05, 0.1) is 11.0 Å². The van der Waals surface area contributed by atoms with Crippen LogP contribution in [0.2, 0.25) is 0 Å². The van der Waals surface area contributed by atoms with Crippen molar-refractivity contribution >= 4 is 54.3 Å². The van der Waals surface area contributed by atoms with Gasteiger partial charge in [-0.1, -0.05) is 139 Å².